The van der Waals surface area contributed by atoms with Crippen molar-refractivity contribution in [1.82, 2.24) is 5.32 Å². The van der Waals surface area contributed by atoms with Crippen molar-refractivity contribution in [3.63, 3.8) is 0 Å². The summed E-state index contributed by atoms with van der Waals surface area (Å²) in [6.45, 7) is 5.60. The predicted molar refractivity (Wildman–Crippen MR) is 80.0 cm³/mol. The molecule has 1 aromatic rings. The third-order valence-corrected chi connectivity index (χ3v) is 3.61. The Balaban J connectivity index is 2.57. The van der Waals surface area contributed by atoms with Crippen molar-refractivity contribution in [2.24, 2.45) is 0 Å². The average Bonchev–Trinajstić information content (AvgIpc) is 2.48. The fourth-order valence-corrected chi connectivity index (χ4v) is 2.26. The van der Waals surface area contributed by atoms with Crippen molar-refractivity contribution in [1.29, 1.82) is 0 Å². The smallest absolute Gasteiger partial charge is 0.254 e. The first-order valence-electron chi connectivity index (χ1n) is 6.36. The predicted octanol–water partition coefficient (Wildman–Crippen LogP) is 2.68. The van der Waals surface area contributed by atoms with E-state index in [4.69, 9.17) is 11.6 Å². The van der Waals surface area contributed by atoms with Crippen LogP contribution in [0.5, 0.6) is 0 Å². The Morgan fingerprint density at radius 3 is 2.65 bits per heavy atom. The molecule has 0 radical (unpaired) electrons. The number of hydrogen-bond donors (Lipinski definition) is 1. The second kappa shape index (κ2) is 5.29. The van der Waals surface area contributed by atoms with Crippen LogP contribution in [0, 0.1) is 0 Å². The number of hydrogen-bond acceptors (Lipinski definition) is 2. The molecule has 2 rings (SSSR count). The maximum Gasteiger partial charge on any atom is 0.254 e. The van der Waals surface area contributed by atoms with Crippen LogP contribution in [0.2, 0.25) is 0 Å². The lowest BCUT2D eigenvalue weighted by atomic mass is 10.0. The highest BCUT2D eigenvalue weighted by atomic mass is 35.5. The zero-order chi connectivity index (χ0) is 14.9. The highest BCUT2D eigenvalue weighted by Crippen LogP contribution is 2.28. The van der Waals surface area contributed by atoms with E-state index in [-0.39, 0.29) is 11.8 Å². The van der Waals surface area contributed by atoms with Crippen LogP contribution in [0.3, 0.4) is 0 Å². The van der Waals surface area contributed by atoms with Crippen LogP contribution in [0.1, 0.15) is 31.1 Å². The van der Waals surface area contributed by atoms with Crippen LogP contribution >= 0.6 is 11.6 Å². The van der Waals surface area contributed by atoms with Crippen molar-refractivity contribution in [3.8, 4) is 0 Å². The molecule has 1 heterocycles. The van der Waals surface area contributed by atoms with Gasteiger partial charge in [0.15, 0.2) is 0 Å². The van der Waals surface area contributed by atoms with Gasteiger partial charge in [-0.05, 0) is 38.5 Å². The van der Waals surface area contributed by atoms with Crippen LogP contribution in [0.15, 0.2) is 35.4 Å². The van der Waals surface area contributed by atoms with Gasteiger partial charge < -0.3 is 10.2 Å². The molecule has 0 aromatic heterocycles. The molecule has 2 amide bonds. The Hall–Kier alpha value is -1.81. The number of halogens is 1. The molecular formula is C15H17ClN2O2. The number of benzene rings is 1. The van der Waals surface area contributed by atoms with Gasteiger partial charge in [-0.2, -0.15) is 0 Å². The highest BCUT2D eigenvalue weighted by molar-refractivity contribution is 6.25. The van der Waals surface area contributed by atoms with Crippen molar-refractivity contribution >= 4 is 29.1 Å². The van der Waals surface area contributed by atoms with E-state index >= 15 is 0 Å². The maximum atomic E-state index is 12.7. The zero-order valence-electron chi connectivity index (χ0n) is 11.7. The fraction of sp³-hybridized carbons (Fsp3) is 0.333. The summed E-state index contributed by atoms with van der Waals surface area (Å²) in [6.07, 6.45) is 0. The van der Waals surface area contributed by atoms with E-state index in [1.165, 1.54) is 5.54 Å². The second-order valence-electron chi connectivity index (χ2n) is 5.44. The third kappa shape index (κ3) is 2.56. The molecule has 0 atom stereocenters. The van der Waals surface area contributed by atoms with Crippen LogP contribution in [0.4, 0.5) is 5.69 Å². The van der Waals surface area contributed by atoms with E-state index < -0.39 is 5.54 Å². The quantitative estimate of drug-likeness (QED) is 0.911. The van der Waals surface area contributed by atoms with Gasteiger partial charge in [0, 0.05) is 12.1 Å². The lowest BCUT2D eigenvalue weighted by Crippen LogP contribution is -2.54. The Bertz CT molecular complexity index is 593. The Kier molecular flexibility index (Phi) is 3.86. The first kappa shape index (κ1) is 14.6. The summed E-state index contributed by atoms with van der Waals surface area (Å²) in [7, 11) is 0. The number of fused-ring (bicyclic) bond motifs is 1. The van der Waals surface area contributed by atoms with E-state index in [9.17, 15) is 9.59 Å². The number of carbonyl (C=O) groups is 2. The van der Waals surface area contributed by atoms with Gasteiger partial charge >= 0.3 is 0 Å². The minimum Gasteiger partial charge on any atom is -0.338 e. The topological polar surface area (TPSA) is 49.4 Å². The Morgan fingerprint density at radius 2 is 2.00 bits per heavy atom. The monoisotopic (exact) mass is 292 g/mol. The van der Waals surface area contributed by atoms with Gasteiger partial charge in [-0.15, -0.1) is 0 Å². The molecule has 106 valence electrons. The molecule has 0 aliphatic carbocycles. The van der Waals surface area contributed by atoms with Gasteiger partial charge in [0.1, 0.15) is 5.54 Å². The van der Waals surface area contributed by atoms with E-state index in [1.54, 1.807) is 36.9 Å². The molecule has 1 N–H and O–H groups in total. The van der Waals surface area contributed by atoms with Gasteiger partial charge in [0.2, 0.25) is 0 Å². The number of anilines is 1. The van der Waals surface area contributed by atoms with E-state index in [0.29, 0.717) is 17.8 Å². The van der Waals surface area contributed by atoms with Crippen molar-refractivity contribution in [2.45, 2.75) is 26.3 Å². The van der Waals surface area contributed by atoms with Gasteiger partial charge in [-0.1, -0.05) is 23.7 Å². The molecule has 1 aliphatic heterocycles. The number of carbonyl (C=O) groups excluding carboxylic acids is 2. The number of para-hydroxylation sites is 1. The minimum absolute atomic E-state index is 0.159. The first-order chi connectivity index (χ1) is 9.36. The van der Waals surface area contributed by atoms with Gasteiger partial charge in [-0.3, -0.25) is 9.59 Å². The van der Waals surface area contributed by atoms with Crippen LogP contribution in [-0.4, -0.2) is 23.9 Å². The van der Waals surface area contributed by atoms with E-state index in [1.807, 2.05) is 13.0 Å². The SMILES string of the molecule is C/C(=C/Cl)CN1C(=O)C(C)(C)NC(=O)c2ccccc21. The number of nitrogens with zero attached hydrogens (tertiary/aromatic N) is 1. The molecule has 0 saturated heterocycles. The third-order valence-electron chi connectivity index (χ3n) is 3.24. The summed E-state index contributed by atoms with van der Waals surface area (Å²) in [5, 5.41) is 2.76. The lowest BCUT2D eigenvalue weighted by molar-refractivity contribution is -0.123. The van der Waals surface area contributed by atoms with Crippen LogP contribution < -0.4 is 10.2 Å². The van der Waals surface area contributed by atoms with Crippen molar-refractivity contribution in [3.05, 3.63) is 40.9 Å². The summed E-state index contributed by atoms with van der Waals surface area (Å²) >= 11 is 5.70. The average molecular weight is 293 g/mol. The number of rotatable bonds is 2. The van der Waals surface area contributed by atoms with Gasteiger partial charge in [0.05, 0.1) is 11.3 Å². The largest absolute Gasteiger partial charge is 0.338 e. The molecular weight excluding hydrogens is 276 g/mol. The zero-order valence-corrected chi connectivity index (χ0v) is 12.5. The molecule has 0 bridgehead atoms. The first-order valence-corrected chi connectivity index (χ1v) is 6.80. The summed E-state index contributed by atoms with van der Waals surface area (Å²) in [5.74, 6) is -0.400. The molecule has 1 aliphatic rings. The summed E-state index contributed by atoms with van der Waals surface area (Å²) in [4.78, 5) is 26.5. The van der Waals surface area contributed by atoms with Crippen LogP contribution in [-0.2, 0) is 4.79 Å². The Morgan fingerprint density at radius 1 is 1.35 bits per heavy atom. The summed E-state index contributed by atoms with van der Waals surface area (Å²) in [5.41, 5.74) is 2.44. The van der Waals surface area contributed by atoms with Crippen molar-refractivity contribution < 1.29 is 9.59 Å². The van der Waals surface area contributed by atoms with Crippen molar-refractivity contribution in [2.75, 3.05) is 11.4 Å². The number of nitrogens with one attached hydrogen (secondary N) is 1. The minimum atomic E-state index is -0.956. The lowest BCUT2D eigenvalue weighted by Gasteiger charge is -2.29. The molecule has 20 heavy (non-hydrogen) atoms. The Labute approximate surface area is 123 Å². The maximum absolute atomic E-state index is 12.7. The summed E-state index contributed by atoms with van der Waals surface area (Å²) < 4.78 is 0. The van der Waals surface area contributed by atoms with Gasteiger partial charge in [-0.25, -0.2) is 0 Å². The second-order valence-corrected chi connectivity index (χ2v) is 5.66. The molecule has 5 heteroatoms. The molecule has 0 spiro atoms. The molecule has 4 nitrogen and oxygen atoms in total. The highest BCUT2D eigenvalue weighted by Gasteiger charge is 2.39. The van der Waals surface area contributed by atoms with Gasteiger partial charge in [0.25, 0.3) is 11.8 Å². The summed E-state index contributed by atoms with van der Waals surface area (Å²) in [6, 6.07) is 7.08. The van der Waals surface area contributed by atoms with Crippen LogP contribution in [0.25, 0.3) is 0 Å². The number of amides is 2. The molecule has 0 saturated carbocycles. The van der Waals surface area contributed by atoms with E-state index in [0.717, 1.165) is 5.57 Å². The molecule has 0 unspecified atom stereocenters. The van der Waals surface area contributed by atoms with E-state index in [2.05, 4.69) is 5.32 Å². The molecule has 0 fully saturated rings. The normalized spacial score (nSPS) is 18.4. The standard InChI is InChI=1S/C15H17ClN2O2/c1-10(8-16)9-18-12-7-5-4-6-11(12)13(19)17-15(2,3)14(18)20/h4-8H,9H2,1-3H3,(H,17,19)/b10-8-. The fourth-order valence-electron chi connectivity index (χ4n) is 2.19. The molecule has 1 aromatic carbocycles.